The third-order valence-corrected chi connectivity index (χ3v) is 5.06. The molecule has 0 spiro atoms. The van der Waals surface area contributed by atoms with Gasteiger partial charge < -0.3 is 30.3 Å². The number of amides is 2. The van der Waals surface area contributed by atoms with Crippen LogP contribution in [0.25, 0.3) is 0 Å². The van der Waals surface area contributed by atoms with Gasteiger partial charge in [0.1, 0.15) is 18.1 Å². The Morgan fingerprint density at radius 1 is 1.27 bits per heavy atom. The van der Waals surface area contributed by atoms with Crippen LogP contribution in [-0.2, 0) is 14.3 Å². The predicted octanol–water partition coefficient (Wildman–Crippen LogP) is -0.900. The molecule has 2 aliphatic rings. The fourth-order valence-corrected chi connectivity index (χ4v) is 3.46. The molecule has 1 aromatic rings. The van der Waals surface area contributed by atoms with Gasteiger partial charge in [0, 0.05) is 31.7 Å². The molecule has 0 radical (unpaired) electrons. The second-order valence-electron chi connectivity index (χ2n) is 7.30. The lowest BCUT2D eigenvalue weighted by atomic mass is 10.2. The first kappa shape index (κ1) is 22.1. The van der Waals surface area contributed by atoms with Gasteiger partial charge in [-0.25, -0.2) is 4.79 Å². The highest BCUT2D eigenvalue weighted by Gasteiger charge is 2.35. The van der Waals surface area contributed by atoms with Crippen molar-refractivity contribution in [2.24, 2.45) is 0 Å². The molecule has 11 nitrogen and oxygen atoms in total. The maximum atomic E-state index is 12.2. The summed E-state index contributed by atoms with van der Waals surface area (Å²) in [5, 5.41) is 31.3. The van der Waals surface area contributed by atoms with E-state index in [9.17, 15) is 24.6 Å². The number of anilines is 1. The Morgan fingerprint density at radius 2 is 2.07 bits per heavy atom. The Kier molecular flexibility index (Phi) is 7.32. The molecule has 30 heavy (non-hydrogen) atoms. The SMILES string of the molecule is O=C(CCCCCN1C(=O)C=CC1O)Nc1ccn([C@@H]2O[C@H](CO)C[C@@H]2O)c(=O)n1. The van der Waals surface area contributed by atoms with E-state index < -0.39 is 30.4 Å². The van der Waals surface area contributed by atoms with Gasteiger partial charge in [-0.05, 0) is 25.0 Å². The third kappa shape index (κ3) is 5.30. The minimum atomic E-state index is -0.935. The van der Waals surface area contributed by atoms with Gasteiger partial charge in [0.05, 0.1) is 12.7 Å². The Bertz CT molecular complexity index is 856. The van der Waals surface area contributed by atoms with Crippen molar-refractivity contribution in [1.29, 1.82) is 0 Å². The number of hydrogen-bond donors (Lipinski definition) is 4. The highest BCUT2D eigenvalue weighted by atomic mass is 16.5. The summed E-state index contributed by atoms with van der Waals surface area (Å²) in [5.41, 5.74) is -0.683. The molecule has 1 fully saturated rings. The first-order valence-electron chi connectivity index (χ1n) is 9.89. The highest BCUT2D eigenvalue weighted by molar-refractivity contribution is 5.90. The van der Waals surface area contributed by atoms with Gasteiger partial charge in [-0.1, -0.05) is 6.42 Å². The molecule has 0 saturated carbocycles. The summed E-state index contributed by atoms with van der Waals surface area (Å²) in [6.45, 7) is 0.163. The van der Waals surface area contributed by atoms with Crippen molar-refractivity contribution < 1.29 is 29.6 Å². The number of nitrogens with zero attached hydrogens (tertiary/aromatic N) is 3. The molecule has 4 atom stereocenters. The van der Waals surface area contributed by atoms with Crippen molar-refractivity contribution in [3.63, 3.8) is 0 Å². The van der Waals surface area contributed by atoms with Gasteiger partial charge in [0.2, 0.25) is 11.8 Å². The number of rotatable bonds is 9. The second-order valence-corrected chi connectivity index (χ2v) is 7.30. The molecular weight excluding hydrogens is 396 g/mol. The molecule has 0 aliphatic carbocycles. The number of aliphatic hydroxyl groups excluding tert-OH is 3. The number of aliphatic hydroxyl groups is 3. The smallest absolute Gasteiger partial charge is 0.351 e. The zero-order valence-corrected chi connectivity index (χ0v) is 16.4. The van der Waals surface area contributed by atoms with E-state index in [2.05, 4.69) is 10.3 Å². The number of hydrogen-bond acceptors (Lipinski definition) is 8. The van der Waals surface area contributed by atoms with Gasteiger partial charge in [-0.2, -0.15) is 4.98 Å². The number of nitrogens with one attached hydrogen (secondary N) is 1. The molecule has 0 bridgehead atoms. The van der Waals surface area contributed by atoms with Crippen LogP contribution >= 0.6 is 0 Å². The Labute approximate surface area is 172 Å². The van der Waals surface area contributed by atoms with Crippen molar-refractivity contribution in [2.45, 2.75) is 56.8 Å². The van der Waals surface area contributed by atoms with Crippen LogP contribution in [0, 0.1) is 0 Å². The van der Waals surface area contributed by atoms with Crippen molar-refractivity contribution in [1.82, 2.24) is 14.5 Å². The molecule has 1 saturated heterocycles. The van der Waals surface area contributed by atoms with Crippen LogP contribution in [0.2, 0.25) is 0 Å². The molecule has 2 amide bonds. The summed E-state index contributed by atoms with van der Waals surface area (Å²) >= 11 is 0. The van der Waals surface area contributed by atoms with E-state index in [1.807, 2.05) is 0 Å². The summed E-state index contributed by atoms with van der Waals surface area (Å²) < 4.78 is 6.55. The van der Waals surface area contributed by atoms with E-state index in [1.165, 1.54) is 29.3 Å². The number of carbonyl (C=O) groups is 2. The summed E-state index contributed by atoms with van der Waals surface area (Å²) in [5.74, 6) is -0.413. The lowest BCUT2D eigenvalue weighted by Crippen LogP contribution is -2.34. The maximum Gasteiger partial charge on any atom is 0.351 e. The van der Waals surface area contributed by atoms with Crippen LogP contribution in [0.1, 0.15) is 38.3 Å². The zero-order valence-electron chi connectivity index (χ0n) is 16.4. The first-order valence-corrected chi connectivity index (χ1v) is 9.89. The normalized spacial score (nSPS) is 25.8. The minimum absolute atomic E-state index is 0.101. The lowest BCUT2D eigenvalue weighted by Gasteiger charge is -2.20. The Hall–Kier alpha value is -2.60. The summed E-state index contributed by atoms with van der Waals surface area (Å²) in [6, 6.07) is 1.44. The molecule has 3 heterocycles. The average Bonchev–Trinajstić information content (AvgIpc) is 3.24. The van der Waals surface area contributed by atoms with Gasteiger partial charge in [0.25, 0.3) is 0 Å². The van der Waals surface area contributed by atoms with E-state index in [0.29, 0.717) is 25.8 Å². The van der Waals surface area contributed by atoms with E-state index >= 15 is 0 Å². The van der Waals surface area contributed by atoms with Crippen molar-refractivity contribution in [3.05, 3.63) is 34.9 Å². The molecule has 164 valence electrons. The van der Waals surface area contributed by atoms with Gasteiger partial charge in [0.15, 0.2) is 6.23 Å². The lowest BCUT2D eigenvalue weighted by molar-refractivity contribution is -0.130. The topological polar surface area (TPSA) is 154 Å². The van der Waals surface area contributed by atoms with E-state index in [1.54, 1.807) is 0 Å². The van der Waals surface area contributed by atoms with Crippen molar-refractivity contribution >= 4 is 17.6 Å². The predicted molar refractivity (Wildman–Crippen MR) is 104 cm³/mol. The average molecular weight is 422 g/mol. The van der Waals surface area contributed by atoms with Gasteiger partial charge in [-0.15, -0.1) is 0 Å². The van der Waals surface area contributed by atoms with Crippen molar-refractivity contribution in [3.8, 4) is 0 Å². The fraction of sp³-hybridized carbons (Fsp3) is 0.579. The summed E-state index contributed by atoms with van der Waals surface area (Å²) in [4.78, 5) is 40.9. The van der Waals surface area contributed by atoms with Crippen LogP contribution in [0.4, 0.5) is 5.82 Å². The quantitative estimate of drug-likeness (QED) is 0.373. The first-order chi connectivity index (χ1) is 14.4. The molecule has 0 aromatic carbocycles. The molecule has 4 N–H and O–H groups in total. The van der Waals surface area contributed by atoms with Crippen LogP contribution in [-0.4, -0.2) is 73.2 Å². The monoisotopic (exact) mass is 422 g/mol. The molecule has 2 aliphatic heterocycles. The van der Waals surface area contributed by atoms with Crippen molar-refractivity contribution in [2.75, 3.05) is 18.5 Å². The van der Waals surface area contributed by atoms with E-state index in [4.69, 9.17) is 9.84 Å². The maximum absolute atomic E-state index is 12.2. The minimum Gasteiger partial charge on any atom is -0.394 e. The second kappa shape index (κ2) is 9.94. The van der Waals surface area contributed by atoms with Crippen LogP contribution in [0.5, 0.6) is 0 Å². The van der Waals surface area contributed by atoms with Crippen LogP contribution < -0.4 is 11.0 Å². The molecule has 1 unspecified atom stereocenters. The zero-order chi connectivity index (χ0) is 21.7. The Morgan fingerprint density at radius 3 is 2.70 bits per heavy atom. The van der Waals surface area contributed by atoms with Gasteiger partial charge >= 0.3 is 5.69 Å². The molecule has 3 rings (SSSR count). The summed E-state index contributed by atoms with van der Waals surface area (Å²) in [6.07, 6.45) is 3.24. The van der Waals surface area contributed by atoms with Gasteiger partial charge in [-0.3, -0.25) is 14.2 Å². The van der Waals surface area contributed by atoms with E-state index in [-0.39, 0.29) is 37.1 Å². The molecular formula is C19H26N4O7. The Balaban J connectivity index is 1.42. The third-order valence-electron chi connectivity index (χ3n) is 5.06. The summed E-state index contributed by atoms with van der Waals surface area (Å²) in [7, 11) is 0. The number of carbonyl (C=O) groups excluding carboxylic acids is 2. The fourth-order valence-electron chi connectivity index (χ4n) is 3.46. The van der Waals surface area contributed by atoms with Crippen LogP contribution in [0.15, 0.2) is 29.2 Å². The van der Waals surface area contributed by atoms with E-state index in [0.717, 1.165) is 4.57 Å². The largest absolute Gasteiger partial charge is 0.394 e. The standard InChI is InChI=1S/C19H26N4O7/c24-11-12-10-13(25)18(30-12)23-9-7-14(21-19(23)29)20-15(26)4-2-1-3-8-22-16(27)5-6-17(22)28/h5-7,9,12-13,16,18,24-25,27H,1-4,8,10-11H2,(H,20,21,26,29)/t12-,13-,16?,18+/m0/s1. The number of ether oxygens (including phenoxy) is 1. The molecule has 1 aromatic heterocycles. The van der Waals surface area contributed by atoms with Crippen LogP contribution in [0.3, 0.4) is 0 Å². The number of unbranched alkanes of at least 4 members (excludes halogenated alkanes) is 2. The molecule has 11 heteroatoms. The highest BCUT2D eigenvalue weighted by Crippen LogP contribution is 2.27. The number of aromatic nitrogens is 2.